The number of likely N-dealkylation sites (tertiary alicyclic amines) is 1. The maximum Gasteiger partial charge on any atom is 0.229 e. The lowest BCUT2D eigenvalue weighted by Crippen LogP contribution is -2.56. The first-order chi connectivity index (χ1) is 17.1. The summed E-state index contributed by atoms with van der Waals surface area (Å²) in [6.45, 7) is 17.5. The normalized spacial score (nSPS) is 24.1. The standard InChI is InChI=1S/C29H34FN5O/c1-7-32-34-25(22-10-8-9-11-24(22)30)16-19(2)23-12-14-29(6,28(23,4)5)27(36)35-17-21(18-35)26-31-15-13-20(3)33-26/h7-11,13,15-16,21,23H,1-2,12,14,17-18H2,3-6H3/b25-16-,34-32?/t23-,29?/m0/s1. The highest BCUT2D eigenvalue weighted by Gasteiger charge is 2.58. The van der Waals surface area contributed by atoms with E-state index in [2.05, 4.69) is 54.1 Å². The van der Waals surface area contributed by atoms with Crippen molar-refractivity contribution in [2.45, 2.75) is 46.5 Å². The SMILES string of the molecule is C=CN=N/C(=C\C(=C)[C@@H]1CCC(C)(C(=O)N2CC(c3nccc(C)n3)C2)C1(C)C)c1ccccc1F. The van der Waals surface area contributed by atoms with Gasteiger partial charge in [0.25, 0.3) is 0 Å². The predicted octanol–water partition coefficient (Wildman–Crippen LogP) is 6.49. The second-order valence-corrected chi connectivity index (χ2v) is 10.6. The van der Waals surface area contributed by atoms with Crippen molar-refractivity contribution in [1.82, 2.24) is 14.9 Å². The van der Waals surface area contributed by atoms with Gasteiger partial charge in [-0.05, 0) is 60.9 Å². The molecular weight excluding hydrogens is 453 g/mol. The van der Waals surface area contributed by atoms with Gasteiger partial charge >= 0.3 is 0 Å². The summed E-state index contributed by atoms with van der Waals surface area (Å²) in [5.74, 6) is 0.797. The Morgan fingerprint density at radius 1 is 1.22 bits per heavy atom. The predicted molar refractivity (Wildman–Crippen MR) is 139 cm³/mol. The zero-order valence-electron chi connectivity index (χ0n) is 21.5. The Hall–Kier alpha value is -3.48. The zero-order valence-corrected chi connectivity index (χ0v) is 21.5. The third-order valence-corrected chi connectivity index (χ3v) is 8.21. The Labute approximate surface area is 212 Å². The lowest BCUT2D eigenvalue weighted by atomic mass is 9.63. The number of aryl methyl sites for hydroxylation is 1. The molecule has 1 aromatic carbocycles. The van der Waals surface area contributed by atoms with Crippen LogP contribution >= 0.6 is 0 Å². The molecule has 2 fully saturated rings. The van der Waals surface area contributed by atoms with Gasteiger partial charge < -0.3 is 4.90 Å². The number of allylic oxidation sites excluding steroid dienone is 2. The number of halogens is 1. The summed E-state index contributed by atoms with van der Waals surface area (Å²) >= 11 is 0. The van der Waals surface area contributed by atoms with Gasteiger partial charge in [-0.25, -0.2) is 14.4 Å². The van der Waals surface area contributed by atoms with Crippen LogP contribution in [0.25, 0.3) is 5.70 Å². The largest absolute Gasteiger partial charge is 0.341 e. The molecule has 188 valence electrons. The van der Waals surface area contributed by atoms with Crippen LogP contribution < -0.4 is 0 Å². The van der Waals surface area contributed by atoms with E-state index in [1.807, 2.05) is 17.9 Å². The van der Waals surface area contributed by atoms with Crippen LogP contribution in [0.2, 0.25) is 0 Å². The molecular formula is C29H34FN5O. The van der Waals surface area contributed by atoms with Gasteiger partial charge in [-0.3, -0.25) is 4.79 Å². The number of azo groups is 1. The van der Waals surface area contributed by atoms with E-state index in [9.17, 15) is 9.18 Å². The van der Waals surface area contributed by atoms with Gasteiger partial charge in [0.2, 0.25) is 5.91 Å². The van der Waals surface area contributed by atoms with Crippen LogP contribution in [0.4, 0.5) is 4.39 Å². The van der Waals surface area contributed by atoms with Crippen molar-refractivity contribution in [3.8, 4) is 0 Å². The molecule has 1 aliphatic carbocycles. The molecule has 0 radical (unpaired) electrons. The summed E-state index contributed by atoms with van der Waals surface area (Å²) in [4.78, 5) is 24.6. The highest BCUT2D eigenvalue weighted by molar-refractivity contribution is 5.85. The quantitative estimate of drug-likeness (QED) is 0.331. The average molecular weight is 488 g/mol. The van der Waals surface area contributed by atoms with Crippen LogP contribution in [-0.2, 0) is 4.79 Å². The van der Waals surface area contributed by atoms with Crippen LogP contribution in [0, 0.1) is 29.5 Å². The lowest BCUT2D eigenvalue weighted by molar-refractivity contribution is -0.152. The fourth-order valence-electron chi connectivity index (χ4n) is 5.56. The molecule has 2 aliphatic rings. The van der Waals surface area contributed by atoms with Crippen molar-refractivity contribution in [2.24, 2.45) is 27.0 Å². The molecule has 1 unspecified atom stereocenters. The molecule has 1 aromatic heterocycles. The first-order valence-electron chi connectivity index (χ1n) is 12.3. The number of carbonyl (C=O) groups excluding carboxylic acids is 1. The molecule has 0 spiro atoms. The molecule has 2 heterocycles. The average Bonchev–Trinajstić information content (AvgIpc) is 3.05. The summed E-state index contributed by atoms with van der Waals surface area (Å²) in [6, 6.07) is 8.34. The van der Waals surface area contributed by atoms with E-state index in [4.69, 9.17) is 0 Å². The second kappa shape index (κ2) is 9.88. The molecule has 1 amide bonds. The van der Waals surface area contributed by atoms with Crippen LogP contribution in [-0.4, -0.2) is 33.9 Å². The molecule has 1 aliphatic heterocycles. The number of nitrogens with zero attached hydrogens (tertiary/aromatic N) is 5. The van der Waals surface area contributed by atoms with Crippen molar-refractivity contribution in [1.29, 1.82) is 0 Å². The van der Waals surface area contributed by atoms with Gasteiger partial charge in [-0.1, -0.05) is 46.1 Å². The topological polar surface area (TPSA) is 70.8 Å². The molecule has 36 heavy (non-hydrogen) atoms. The molecule has 7 heteroatoms. The van der Waals surface area contributed by atoms with Gasteiger partial charge in [0.1, 0.15) is 11.6 Å². The van der Waals surface area contributed by atoms with Crippen molar-refractivity contribution in [2.75, 3.05) is 13.1 Å². The minimum absolute atomic E-state index is 0.0318. The minimum Gasteiger partial charge on any atom is -0.341 e. The van der Waals surface area contributed by atoms with Crippen molar-refractivity contribution in [3.63, 3.8) is 0 Å². The monoisotopic (exact) mass is 487 g/mol. The highest BCUT2D eigenvalue weighted by Crippen LogP contribution is 2.59. The highest BCUT2D eigenvalue weighted by atomic mass is 19.1. The Morgan fingerprint density at radius 2 is 1.94 bits per heavy atom. The van der Waals surface area contributed by atoms with Gasteiger partial charge in [0.15, 0.2) is 0 Å². The Kier molecular flexibility index (Phi) is 7.03. The second-order valence-electron chi connectivity index (χ2n) is 10.6. The lowest BCUT2D eigenvalue weighted by Gasteiger charge is -2.48. The maximum atomic E-state index is 14.5. The molecule has 2 atom stereocenters. The van der Waals surface area contributed by atoms with Gasteiger partial charge in [0.05, 0.1) is 17.0 Å². The number of carbonyl (C=O) groups is 1. The molecule has 6 nitrogen and oxygen atoms in total. The summed E-state index contributed by atoms with van der Waals surface area (Å²) in [7, 11) is 0. The van der Waals surface area contributed by atoms with Crippen LogP contribution in [0.1, 0.15) is 56.6 Å². The zero-order chi connectivity index (χ0) is 26.1. The number of hydrogen-bond acceptors (Lipinski definition) is 5. The molecule has 0 bridgehead atoms. The minimum atomic E-state index is -0.548. The number of hydrogen-bond donors (Lipinski definition) is 0. The molecule has 4 rings (SSSR count). The van der Waals surface area contributed by atoms with E-state index in [0.717, 1.165) is 29.9 Å². The van der Waals surface area contributed by atoms with Crippen LogP contribution in [0.5, 0.6) is 0 Å². The number of amides is 1. The fourth-order valence-corrected chi connectivity index (χ4v) is 5.56. The molecule has 2 aromatic rings. The van der Waals surface area contributed by atoms with Crippen molar-refractivity contribution in [3.05, 3.63) is 90.4 Å². The maximum absolute atomic E-state index is 14.5. The summed E-state index contributed by atoms with van der Waals surface area (Å²) < 4.78 is 14.5. The Morgan fingerprint density at radius 3 is 2.61 bits per heavy atom. The van der Waals surface area contributed by atoms with Gasteiger partial charge in [-0.15, -0.1) is 0 Å². The van der Waals surface area contributed by atoms with Crippen molar-refractivity contribution >= 4 is 11.6 Å². The van der Waals surface area contributed by atoms with Crippen LogP contribution in [0.15, 0.2) is 77.8 Å². The molecule has 0 N–H and O–H groups in total. The van der Waals surface area contributed by atoms with E-state index in [1.54, 1.807) is 30.5 Å². The van der Waals surface area contributed by atoms with E-state index >= 15 is 0 Å². The summed E-state index contributed by atoms with van der Waals surface area (Å²) in [5.41, 5.74) is 1.57. The van der Waals surface area contributed by atoms with E-state index in [-0.39, 0.29) is 29.0 Å². The molecule has 1 saturated carbocycles. The van der Waals surface area contributed by atoms with Crippen LogP contribution in [0.3, 0.4) is 0 Å². The van der Waals surface area contributed by atoms with E-state index in [0.29, 0.717) is 24.4 Å². The van der Waals surface area contributed by atoms with Gasteiger partial charge in [0, 0.05) is 36.7 Å². The Bertz CT molecular complexity index is 1240. The first kappa shape index (κ1) is 25.6. The first-order valence-corrected chi connectivity index (χ1v) is 12.3. The summed E-state index contributed by atoms with van der Waals surface area (Å²) in [5, 5.41) is 8.06. The third kappa shape index (κ3) is 4.54. The van der Waals surface area contributed by atoms with E-state index < -0.39 is 5.41 Å². The number of benzene rings is 1. The van der Waals surface area contributed by atoms with Crippen molar-refractivity contribution < 1.29 is 9.18 Å². The third-order valence-electron chi connectivity index (χ3n) is 8.21. The fraction of sp³-hybridized carbons (Fsp3) is 0.414. The van der Waals surface area contributed by atoms with Gasteiger partial charge in [-0.2, -0.15) is 10.2 Å². The Balaban J connectivity index is 1.53. The number of aromatic nitrogens is 2. The molecule has 1 saturated heterocycles. The summed E-state index contributed by atoms with van der Waals surface area (Å²) in [6.07, 6.45) is 6.45. The smallest absolute Gasteiger partial charge is 0.229 e. The van der Waals surface area contributed by atoms with E-state index in [1.165, 1.54) is 12.3 Å². The number of rotatable bonds is 7.